The third kappa shape index (κ3) is 2.74. The largest absolute Gasteiger partial charge is 0.426 e. The third-order valence-corrected chi connectivity index (χ3v) is 6.05. The van der Waals surface area contributed by atoms with Gasteiger partial charge in [-0.1, -0.05) is 54.1 Å². The van der Waals surface area contributed by atoms with Crippen LogP contribution in [0.2, 0.25) is 0 Å². The maximum Gasteiger partial charge on any atom is 0.332 e. The van der Waals surface area contributed by atoms with E-state index in [4.69, 9.17) is 9.73 Å². The summed E-state index contributed by atoms with van der Waals surface area (Å²) in [6, 6.07) is 15.4. The van der Waals surface area contributed by atoms with E-state index in [1.807, 2.05) is 55.5 Å². The van der Waals surface area contributed by atoms with E-state index in [1.54, 1.807) is 7.05 Å². The lowest BCUT2D eigenvalue weighted by molar-refractivity contribution is -0.134. The SMILES string of the molecule is CC(=O)OC1=C2C(=Nc3c(c(=O)n(C)c(=O)n3C)[C@@H]2c2ccc(C)cc2)c2ccccc21. The highest BCUT2D eigenvalue weighted by molar-refractivity contribution is 6.25. The molecular formula is C25H21N3O4. The van der Waals surface area contributed by atoms with Gasteiger partial charge in [0.25, 0.3) is 5.56 Å². The Bertz CT molecular complexity index is 1490. The number of nitrogens with zero attached hydrogens (tertiary/aromatic N) is 3. The summed E-state index contributed by atoms with van der Waals surface area (Å²) in [5.74, 6) is -0.281. The molecule has 3 aromatic rings. The second-order valence-corrected chi connectivity index (χ2v) is 8.13. The standard InChI is InChI=1S/C25H21N3O4/c1-13-9-11-15(12-10-13)18-19-21(16-7-5-6-8-17(16)22(19)32-14(2)29)26-23-20(18)24(30)28(4)25(31)27(23)3/h5-12,18H,1-4H3/t18-/m1/s1. The van der Waals surface area contributed by atoms with E-state index in [0.717, 1.165) is 26.8 Å². The second-order valence-electron chi connectivity index (χ2n) is 8.13. The van der Waals surface area contributed by atoms with Crippen LogP contribution in [-0.2, 0) is 23.6 Å². The normalized spacial score (nSPS) is 16.2. The molecule has 7 heteroatoms. The number of benzene rings is 2. The van der Waals surface area contributed by atoms with Gasteiger partial charge in [0.2, 0.25) is 0 Å². The van der Waals surface area contributed by atoms with Crippen molar-refractivity contribution in [2.45, 2.75) is 19.8 Å². The smallest absolute Gasteiger partial charge is 0.332 e. The molecule has 0 radical (unpaired) electrons. The third-order valence-electron chi connectivity index (χ3n) is 6.05. The van der Waals surface area contributed by atoms with Crippen LogP contribution in [0.1, 0.15) is 40.7 Å². The van der Waals surface area contributed by atoms with Crippen LogP contribution in [-0.4, -0.2) is 20.8 Å². The number of carbonyl (C=O) groups excluding carboxylic acids is 1. The van der Waals surface area contributed by atoms with Gasteiger partial charge in [0.1, 0.15) is 11.6 Å². The van der Waals surface area contributed by atoms with Crippen molar-refractivity contribution in [2.24, 2.45) is 19.1 Å². The number of carbonyl (C=O) groups is 1. The summed E-state index contributed by atoms with van der Waals surface area (Å²) in [4.78, 5) is 42.9. The highest BCUT2D eigenvalue weighted by Crippen LogP contribution is 2.48. The lowest BCUT2D eigenvalue weighted by atomic mass is 9.81. The van der Waals surface area contributed by atoms with Crippen LogP contribution in [0, 0.1) is 6.92 Å². The summed E-state index contributed by atoms with van der Waals surface area (Å²) in [7, 11) is 3.07. The highest BCUT2D eigenvalue weighted by Gasteiger charge is 2.42. The molecule has 32 heavy (non-hydrogen) atoms. The zero-order valence-corrected chi connectivity index (χ0v) is 18.2. The lowest BCUT2D eigenvalue weighted by Gasteiger charge is -2.27. The first-order chi connectivity index (χ1) is 15.3. The van der Waals surface area contributed by atoms with Gasteiger partial charge in [-0.3, -0.25) is 18.7 Å². The van der Waals surface area contributed by atoms with Crippen LogP contribution in [0.4, 0.5) is 5.82 Å². The average Bonchev–Trinajstić information content (AvgIpc) is 3.08. The van der Waals surface area contributed by atoms with Crippen molar-refractivity contribution in [1.29, 1.82) is 0 Å². The van der Waals surface area contributed by atoms with Gasteiger partial charge in [0, 0.05) is 43.6 Å². The van der Waals surface area contributed by atoms with Gasteiger partial charge < -0.3 is 4.74 Å². The van der Waals surface area contributed by atoms with Gasteiger partial charge in [-0.25, -0.2) is 9.79 Å². The molecule has 0 saturated heterocycles. The van der Waals surface area contributed by atoms with E-state index in [1.165, 1.54) is 18.5 Å². The molecule has 0 saturated carbocycles. The fourth-order valence-electron chi connectivity index (χ4n) is 4.52. The Kier molecular flexibility index (Phi) is 4.37. The minimum atomic E-state index is -0.551. The van der Waals surface area contributed by atoms with E-state index in [-0.39, 0.29) is 0 Å². The molecule has 0 spiro atoms. The van der Waals surface area contributed by atoms with E-state index >= 15 is 0 Å². The molecule has 1 aliphatic carbocycles. The maximum atomic E-state index is 13.4. The summed E-state index contributed by atoms with van der Waals surface area (Å²) in [5.41, 5.74) is 4.27. The Labute approximate surface area is 183 Å². The van der Waals surface area contributed by atoms with Crippen molar-refractivity contribution < 1.29 is 9.53 Å². The predicted octanol–water partition coefficient (Wildman–Crippen LogP) is 2.95. The number of aromatic nitrogens is 2. The molecule has 7 nitrogen and oxygen atoms in total. The number of allylic oxidation sites excluding steroid dienone is 1. The van der Waals surface area contributed by atoms with Crippen molar-refractivity contribution in [1.82, 2.24) is 9.13 Å². The Morgan fingerprint density at radius 1 is 0.969 bits per heavy atom. The van der Waals surface area contributed by atoms with Crippen LogP contribution >= 0.6 is 0 Å². The minimum Gasteiger partial charge on any atom is -0.426 e. The fourth-order valence-corrected chi connectivity index (χ4v) is 4.52. The molecule has 1 aromatic heterocycles. The molecule has 2 aromatic carbocycles. The number of aryl methyl sites for hydroxylation is 1. The van der Waals surface area contributed by atoms with E-state index in [0.29, 0.717) is 28.4 Å². The molecule has 0 N–H and O–H groups in total. The van der Waals surface area contributed by atoms with E-state index in [2.05, 4.69) is 0 Å². The van der Waals surface area contributed by atoms with Crippen molar-refractivity contribution in [2.75, 3.05) is 0 Å². The zero-order chi connectivity index (χ0) is 22.7. The van der Waals surface area contributed by atoms with Gasteiger partial charge in [-0.15, -0.1) is 0 Å². The van der Waals surface area contributed by atoms with Crippen LogP contribution in [0.25, 0.3) is 5.76 Å². The molecule has 0 bridgehead atoms. The van der Waals surface area contributed by atoms with Gasteiger partial charge in [0.15, 0.2) is 0 Å². The summed E-state index contributed by atoms with van der Waals surface area (Å²) < 4.78 is 8.19. The van der Waals surface area contributed by atoms with Crippen molar-refractivity contribution in [3.8, 4) is 0 Å². The zero-order valence-electron chi connectivity index (χ0n) is 18.2. The van der Waals surface area contributed by atoms with E-state index in [9.17, 15) is 14.4 Å². The molecule has 0 fully saturated rings. The maximum absolute atomic E-state index is 13.4. The first kappa shape index (κ1) is 19.9. The molecule has 1 atom stereocenters. The van der Waals surface area contributed by atoms with Crippen molar-refractivity contribution in [3.05, 3.63) is 103 Å². The van der Waals surface area contributed by atoms with Crippen LogP contribution in [0.3, 0.4) is 0 Å². The quantitative estimate of drug-likeness (QED) is 0.589. The number of aliphatic imine (C=N–C) groups is 1. The molecule has 0 amide bonds. The first-order valence-corrected chi connectivity index (χ1v) is 10.3. The number of ether oxygens (including phenoxy) is 1. The molecule has 5 rings (SSSR count). The minimum absolute atomic E-state index is 0.321. The Hall–Kier alpha value is -4.00. The molecular weight excluding hydrogens is 406 g/mol. The topological polar surface area (TPSA) is 82.7 Å². The number of rotatable bonds is 2. The van der Waals surface area contributed by atoms with Crippen molar-refractivity contribution in [3.63, 3.8) is 0 Å². The molecule has 2 heterocycles. The molecule has 1 aliphatic heterocycles. The van der Waals surface area contributed by atoms with Crippen molar-refractivity contribution >= 4 is 23.3 Å². The first-order valence-electron chi connectivity index (χ1n) is 10.3. The summed E-state index contributed by atoms with van der Waals surface area (Å²) in [6.07, 6.45) is 0. The number of hydrogen-bond acceptors (Lipinski definition) is 5. The number of hydrogen-bond donors (Lipinski definition) is 0. The van der Waals surface area contributed by atoms with Gasteiger partial charge in [-0.05, 0) is 12.5 Å². The Morgan fingerprint density at radius 3 is 2.28 bits per heavy atom. The van der Waals surface area contributed by atoms with Gasteiger partial charge in [-0.2, -0.15) is 0 Å². The molecule has 0 unspecified atom stereocenters. The molecule has 160 valence electrons. The highest BCUT2D eigenvalue weighted by atomic mass is 16.5. The summed E-state index contributed by atoms with van der Waals surface area (Å²) in [5, 5.41) is 0. The average molecular weight is 427 g/mol. The summed E-state index contributed by atoms with van der Waals surface area (Å²) >= 11 is 0. The van der Waals surface area contributed by atoms with Crippen LogP contribution in [0.5, 0.6) is 0 Å². The molecule has 2 aliphatic rings. The van der Waals surface area contributed by atoms with Crippen LogP contribution in [0.15, 0.2) is 68.7 Å². The number of esters is 1. The second kappa shape index (κ2) is 7.02. The van der Waals surface area contributed by atoms with E-state index < -0.39 is 23.1 Å². The number of fused-ring (bicyclic) bond motifs is 4. The summed E-state index contributed by atoms with van der Waals surface area (Å²) in [6.45, 7) is 3.34. The fraction of sp³-hybridized carbons (Fsp3) is 0.200. The predicted molar refractivity (Wildman–Crippen MR) is 121 cm³/mol. The monoisotopic (exact) mass is 427 g/mol. The van der Waals surface area contributed by atoms with Gasteiger partial charge >= 0.3 is 11.7 Å². The Morgan fingerprint density at radius 2 is 1.62 bits per heavy atom. The lowest BCUT2D eigenvalue weighted by Crippen LogP contribution is -2.41. The Balaban J connectivity index is 1.95. The van der Waals surface area contributed by atoms with Crippen LogP contribution < -0.4 is 11.2 Å². The van der Waals surface area contributed by atoms with Gasteiger partial charge in [0.05, 0.1) is 11.3 Å².